The maximum Gasteiger partial charge on any atom is 0.0860 e. The normalized spacial score (nSPS) is 36.5. The number of aliphatic hydroxyl groups excluding tert-OH is 1. The molecule has 0 aliphatic carbocycles. The van der Waals surface area contributed by atoms with Crippen molar-refractivity contribution in [3.05, 3.63) is 0 Å². The van der Waals surface area contributed by atoms with Crippen molar-refractivity contribution >= 4 is 0 Å². The molecule has 1 heterocycles. The van der Waals surface area contributed by atoms with E-state index in [4.69, 9.17) is 9.47 Å². The van der Waals surface area contributed by atoms with Gasteiger partial charge in [-0.1, -0.05) is 13.8 Å². The molecule has 4 atom stereocenters. The average Bonchev–Trinajstić information content (AvgIpc) is 2.44. The summed E-state index contributed by atoms with van der Waals surface area (Å²) in [6.07, 6.45) is 1.06. The number of aliphatic hydroxyl groups is 1. The third-order valence-electron chi connectivity index (χ3n) is 2.79. The molecule has 13 heavy (non-hydrogen) atoms. The van der Waals surface area contributed by atoms with Crippen LogP contribution in [0, 0.1) is 5.92 Å². The van der Waals surface area contributed by atoms with Gasteiger partial charge in [0.05, 0.1) is 31.5 Å². The van der Waals surface area contributed by atoms with Gasteiger partial charge in [0.1, 0.15) is 0 Å². The largest absolute Gasteiger partial charge is 0.390 e. The first-order valence-corrected chi connectivity index (χ1v) is 5.06. The molecule has 0 radical (unpaired) electrons. The Hall–Kier alpha value is -0.120. The Morgan fingerprint density at radius 2 is 2.31 bits per heavy atom. The van der Waals surface area contributed by atoms with Crippen molar-refractivity contribution in [3.63, 3.8) is 0 Å². The van der Waals surface area contributed by atoms with Crippen LogP contribution >= 0.6 is 0 Å². The quantitative estimate of drug-likeness (QED) is 0.720. The van der Waals surface area contributed by atoms with Crippen LogP contribution in [0.25, 0.3) is 0 Å². The minimum atomic E-state index is -0.314. The number of rotatable bonds is 4. The van der Waals surface area contributed by atoms with Crippen LogP contribution in [0.2, 0.25) is 0 Å². The second kappa shape index (κ2) is 4.94. The fraction of sp³-hybridized carbons (Fsp3) is 1.00. The van der Waals surface area contributed by atoms with Crippen molar-refractivity contribution < 1.29 is 14.6 Å². The smallest absolute Gasteiger partial charge is 0.0860 e. The zero-order valence-corrected chi connectivity index (χ0v) is 8.69. The molecule has 78 valence electrons. The highest BCUT2D eigenvalue weighted by atomic mass is 16.5. The van der Waals surface area contributed by atoms with E-state index in [-0.39, 0.29) is 24.2 Å². The molecule has 3 heteroatoms. The van der Waals surface area contributed by atoms with Crippen molar-refractivity contribution in [1.29, 1.82) is 0 Å². The third kappa shape index (κ3) is 2.93. The van der Waals surface area contributed by atoms with E-state index in [2.05, 4.69) is 13.8 Å². The zero-order valence-electron chi connectivity index (χ0n) is 8.69. The molecule has 4 unspecified atom stereocenters. The van der Waals surface area contributed by atoms with E-state index in [1.54, 1.807) is 0 Å². The fourth-order valence-corrected chi connectivity index (χ4v) is 1.35. The Balaban J connectivity index is 2.22. The lowest BCUT2D eigenvalue weighted by Gasteiger charge is -2.18. The number of hydrogen-bond acceptors (Lipinski definition) is 3. The number of hydrogen-bond donors (Lipinski definition) is 1. The van der Waals surface area contributed by atoms with Crippen LogP contribution in [0.15, 0.2) is 0 Å². The van der Waals surface area contributed by atoms with Gasteiger partial charge in [0, 0.05) is 5.92 Å². The summed E-state index contributed by atoms with van der Waals surface area (Å²) in [4.78, 5) is 0. The predicted octanol–water partition coefficient (Wildman–Crippen LogP) is 1.20. The molecule has 3 nitrogen and oxygen atoms in total. The zero-order chi connectivity index (χ0) is 9.84. The van der Waals surface area contributed by atoms with Crippen molar-refractivity contribution in [2.75, 3.05) is 13.2 Å². The summed E-state index contributed by atoms with van der Waals surface area (Å²) in [5.41, 5.74) is 0. The van der Waals surface area contributed by atoms with Gasteiger partial charge in [-0.2, -0.15) is 0 Å². The monoisotopic (exact) mass is 188 g/mol. The highest BCUT2D eigenvalue weighted by Gasteiger charge is 2.32. The summed E-state index contributed by atoms with van der Waals surface area (Å²) in [5.74, 6) is 0.198. The molecule has 0 spiro atoms. The summed E-state index contributed by atoms with van der Waals surface area (Å²) in [5, 5.41) is 9.41. The summed E-state index contributed by atoms with van der Waals surface area (Å²) in [7, 11) is 0. The lowest BCUT2D eigenvalue weighted by molar-refractivity contribution is -0.0251. The molecule has 1 aliphatic rings. The summed E-state index contributed by atoms with van der Waals surface area (Å²) < 4.78 is 11.0. The molecule has 0 aromatic rings. The minimum Gasteiger partial charge on any atom is -0.390 e. The molecule has 0 bridgehead atoms. The van der Waals surface area contributed by atoms with Crippen LogP contribution in [-0.2, 0) is 9.47 Å². The first kappa shape index (κ1) is 11.0. The highest BCUT2D eigenvalue weighted by Crippen LogP contribution is 2.21. The van der Waals surface area contributed by atoms with E-state index >= 15 is 0 Å². The Morgan fingerprint density at radius 1 is 1.62 bits per heavy atom. The summed E-state index contributed by atoms with van der Waals surface area (Å²) >= 11 is 0. The maximum atomic E-state index is 9.41. The van der Waals surface area contributed by atoms with Gasteiger partial charge >= 0.3 is 0 Å². The second-order valence-corrected chi connectivity index (χ2v) is 3.85. The van der Waals surface area contributed by atoms with Gasteiger partial charge in [0.2, 0.25) is 0 Å². The third-order valence-corrected chi connectivity index (χ3v) is 2.79. The van der Waals surface area contributed by atoms with Gasteiger partial charge in [0.15, 0.2) is 0 Å². The molecule has 0 amide bonds. The van der Waals surface area contributed by atoms with Crippen molar-refractivity contribution in [3.8, 4) is 0 Å². The topological polar surface area (TPSA) is 38.7 Å². The molecule has 1 N–H and O–H groups in total. The van der Waals surface area contributed by atoms with E-state index < -0.39 is 0 Å². The molecular formula is C10H20O3. The van der Waals surface area contributed by atoms with Crippen LogP contribution < -0.4 is 0 Å². The number of ether oxygens (including phenoxy) is 2. The standard InChI is InChI=1S/C10H20O3/c1-4-7(2)12-6-10-8(3)9(11)5-13-10/h7-11H,4-6H2,1-3H3. The first-order chi connectivity index (χ1) is 6.15. The molecule has 0 saturated carbocycles. The molecule has 1 rings (SSSR count). The Labute approximate surface area is 80.0 Å². The fourth-order valence-electron chi connectivity index (χ4n) is 1.35. The van der Waals surface area contributed by atoms with Crippen LogP contribution in [0.5, 0.6) is 0 Å². The van der Waals surface area contributed by atoms with Gasteiger partial charge in [-0.25, -0.2) is 0 Å². The summed E-state index contributed by atoms with van der Waals surface area (Å²) in [6.45, 7) is 7.21. The first-order valence-electron chi connectivity index (χ1n) is 5.06. The SMILES string of the molecule is CCC(C)OCC1OCC(O)C1C. The van der Waals surface area contributed by atoms with Crippen LogP contribution in [0.4, 0.5) is 0 Å². The Morgan fingerprint density at radius 3 is 2.77 bits per heavy atom. The van der Waals surface area contributed by atoms with E-state index in [1.165, 1.54) is 0 Å². The van der Waals surface area contributed by atoms with Crippen LogP contribution in [0.3, 0.4) is 0 Å². The molecule has 1 saturated heterocycles. The van der Waals surface area contributed by atoms with E-state index in [9.17, 15) is 5.11 Å². The lowest BCUT2D eigenvalue weighted by atomic mass is 10.0. The Bertz CT molecular complexity index is 149. The molecule has 0 aromatic carbocycles. The van der Waals surface area contributed by atoms with Gasteiger partial charge < -0.3 is 14.6 Å². The molecule has 0 aromatic heterocycles. The van der Waals surface area contributed by atoms with Gasteiger partial charge in [-0.15, -0.1) is 0 Å². The minimum absolute atomic E-state index is 0.0731. The summed E-state index contributed by atoms with van der Waals surface area (Å²) in [6, 6.07) is 0. The Kier molecular flexibility index (Phi) is 4.16. The van der Waals surface area contributed by atoms with Crippen molar-refractivity contribution in [2.45, 2.75) is 45.5 Å². The van der Waals surface area contributed by atoms with Gasteiger partial charge in [-0.3, -0.25) is 0 Å². The van der Waals surface area contributed by atoms with E-state index in [0.29, 0.717) is 13.2 Å². The maximum absolute atomic E-state index is 9.41. The predicted molar refractivity (Wildman–Crippen MR) is 50.6 cm³/mol. The molecule has 1 fully saturated rings. The van der Waals surface area contributed by atoms with Crippen LogP contribution in [0.1, 0.15) is 27.2 Å². The van der Waals surface area contributed by atoms with E-state index in [1.807, 2.05) is 6.92 Å². The molecule has 1 aliphatic heterocycles. The van der Waals surface area contributed by atoms with E-state index in [0.717, 1.165) is 6.42 Å². The second-order valence-electron chi connectivity index (χ2n) is 3.85. The van der Waals surface area contributed by atoms with Crippen molar-refractivity contribution in [1.82, 2.24) is 0 Å². The lowest BCUT2D eigenvalue weighted by Crippen LogP contribution is -2.26. The highest BCUT2D eigenvalue weighted by molar-refractivity contribution is 4.80. The van der Waals surface area contributed by atoms with Crippen LogP contribution in [-0.4, -0.2) is 36.6 Å². The average molecular weight is 188 g/mol. The van der Waals surface area contributed by atoms with Gasteiger partial charge in [0.25, 0.3) is 0 Å². The van der Waals surface area contributed by atoms with Crippen molar-refractivity contribution in [2.24, 2.45) is 5.92 Å². The van der Waals surface area contributed by atoms with Gasteiger partial charge in [-0.05, 0) is 13.3 Å². The molecular weight excluding hydrogens is 168 g/mol.